The number of nitrogens with one attached hydrogen (secondary N) is 2. The molecule has 2 atom stereocenters. The molecule has 0 spiro atoms. The highest BCUT2D eigenvalue weighted by Gasteiger charge is 2.17. The molecule has 2 nitrogen and oxygen atoms in total. The lowest BCUT2D eigenvalue weighted by molar-refractivity contribution is 0.378. The molecule has 2 N–H and O–H groups in total. The largest absolute Gasteiger partial charge is 0.362 e. The van der Waals surface area contributed by atoms with Crippen LogP contribution < -0.4 is 10.6 Å². The Balaban J connectivity index is 2.96. The number of rotatable bonds is 7. The zero-order valence-electron chi connectivity index (χ0n) is 16.6. The molecule has 1 aromatic carbocycles. The Morgan fingerprint density at radius 3 is 1.96 bits per heavy atom. The molecule has 0 aromatic heterocycles. The summed E-state index contributed by atoms with van der Waals surface area (Å²) in [7, 11) is 0. The molecule has 1 aromatic rings. The van der Waals surface area contributed by atoms with Crippen LogP contribution in [0.4, 0.5) is 5.69 Å². The van der Waals surface area contributed by atoms with Gasteiger partial charge < -0.3 is 10.6 Å². The van der Waals surface area contributed by atoms with Crippen LogP contribution in [0, 0.1) is 5.41 Å². The van der Waals surface area contributed by atoms with Gasteiger partial charge in [0.2, 0.25) is 0 Å². The third-order valence-corrected chi connectivity index (χ3v) is 5.06. The molecule has 0 saturated carbocycles. The molecule has 3 heteroatoms. The van der Waals surface area contributed by atoms with Gasteiger partial charge in [0.05, 0.1) is 0 Å². The molecule has 0 aliphatic heterocycles. The molecule has 0 heterocycles. The van der Waals surface area contributed by atoms with Crippen molar-refractivity contribution >= 4 is 23.0 Å². The molecule has 1 rings (SSSR count). The van der Waals surface area contributed by atoms with E-state index in [0.29, 0.717) is 17.3 Å². The zero-order chi connectivity index (χ0) is 18.3. The zero-order valence-corrected chi connectivity index (χ0v) is 17.4. The van der Waals surface area contributed by atoms with Crippen LogP contribution in [0.1, 0.15) is 90.7 Å². The van der Waals surface area contributed by atoms with Crippen LogP contribution >= 0.6 is 12.2 Å². The number of hydrogen-bond donors (Lipinski definition) is 2. The number of para-hydroxylation sites is 1. The average Bonchev–Trinajstić information content (AvgIpc) is 2.52. The monoisotopic (exact) mass is 348 g/mol. The molecule has 0 aliphatic carbocycles. The van der Waals surface area contributed by atoms with Gasteiger partial charge in [-0.3, -0.25) is 0 Å². The smallest absolute Gasteiger partial charge is 0.170 e. The number of benzene rings is 1. The van der Waals surface area contributed by atoms with Crippen molar-refractivity contribution in [1.82, 2.24) is 5.32 Å². The quantitative estimate of drug-likeness (QED) is 0.555. The Morgan fingerprint density at radius 1 is 1.04 bits per heavy atom. The summed E-state index contributed by atoms with van der Waals surface area (Å²) in [5, 5.41) is 7.63. The lowest BCUT2D eigenvalue weighted by atomic mass is 9.89. The van der Waals surface area contributed by atoms with E-state index >= 15 is 0 Å². The van der Waals surface area contributed by atoms with Crippen LogP contribution in [0.3, 0.4) is 0 Å². The van der Waals surface area contributed by atoms with Crippen LogP contribution in [0.25, 0.3) is 0 Å². The van der Waals surface area contributed by atoms with E-state index in [1.165, 1.54) is 16.8 Å². The maximum Gasteiger partial charge on any atom is 0.170 e. The summed E-state index contributed by atoms with van der Waals surface area (Å²) in [6.45, 7) is 16.7. The predicted octanol–water partition coefficient (Wildman–Crippen LogP) is 6.44. The maximum absolute atomic E-state index is 5.57. The first kappa shape index (κ1) is 21.0. The number of thiocarbonyl (C=S) groups is 1. The van der Waals surface area contributed by atoms with Crippen LogP contribution in [0.15, 0.2) is 18.2 Å². The molecule has 0 radical (unpaired) electrons. The second-order valence-corrected chi connectivity index (χ2v) is 8.53. The Bertz CT molecular complexity index is 503. The second-order valence-electron chi connectivity index (χ2n) is 8.12. The minimum atomic E-state index is 0.319. The fourth-order valence-electron chi connectivity index (χ4n) is 2.70. The van der Waals surface area contributed by atoms with Gasteiger partial charge in [-0.25, -0.2) is 0 Å². The summed E-state index contributed by atoms with van der Waals surface area (Å²) < 4.78 is 0. The predicted molar refractivity (Wildman–Crippen MR) is 112 cm³/mol. The van der Waals surface area contributed by atoms with Gasteiger partial charge in [-0.1, -0.05) is 66.7 Å². The highest BCUT2D eigenvalue weighted by atomic mass is 32.1. The van der Waals surface area contributed by atoms with Gasteiger partial charge >= 0.3 is 0 Å². The first-order valence-electron chi connectivity index (χ1n) is 9.37. The summed E-state index contributed by atoms with van der Waals surface area (Å²) in [5.74, 6) is 1.04. The molecule has 0 amide bonds. The first-order valence-corrected chi connectivity index (χ1v) is 9.78. The SMILES string of the molecule is CCC(C)c1cccc(C(C)CC)c1NC(=S)NCCC(C)(C)C. The van der Waals surface area contributed by atoms with E-state index in [1.54, 1.807) is 0 Å². The molecule has 0 saturated heterocycles. The van der Waals surface area contributed by atoms with Crippen LogP contribution in [-0.2, 0) is 0 Å². The van der Waals surface area contributed by atoms with E-state index in [4.69, 9.17) is 12.2 Å². The molecule has 0 fully saturated rings. The average molecular weight is 349 g/mol. The van der Waals surface area contributed by atoms with E-state index in [9.17, 15) is 0 Å². The van der Waals surface area contributed by atoms with Gasteiger partial charge in [0, 0.05) is 12.2 Å². The van der Waals surface area contributed by atoms with Gasteiger partial charge in [-0.2, -0.15) is 0 Å². The topological polar surface area (TPSA) is 24.1 Å². The Hall–Kier alpha value is -1.09. The van der Waals surface area contributed by atoms with Crippen molar-refractivity contribution in [2.45, 2.75) is 79.6 Å². The van der Waals surface area contributed by atoms with Gasteiger partial charge in [-0.05, 0) is 59.9 Å². The van der Waals surface area contributed by atoms with E-state index in [1.807, 2.05) is 0 Å². The Morgan fingerprint density at radius 2 is 1.54 bits per heavy atom. The fourth-order valence-corrected chi connectivity index (χ4v) is 2.91. The highest BCUT2D eigenvalue weighted by Crippen LogP contribution is 2.34. The molecule has 0 aliphatic rings. The second kappa shape index (κ2) is 9.41. The fraction of sp³-hybridized carbons (Fsp3) is 0.667. The van der Waals surface area contributed by atoms with E-state index in [2.05, 4.69) is 77.3 Å². The Labute approximate surface area is 154 Å². The van der Waals surface area contributed by atoms with Crippen molar-refractivity contribution in [3.05, 3.63) is 29.3 Å². The minimum absolute atomic E-state index is 0.319. The molecular formula is C21H36N2S. The van der Waals surface area contributed by atoms with Crippen molar-refractivity contribution in [3.8, 4) is 0 Å². The third kappa shape index (κ3) is 6.43. The molecule has 24 heavy (non-hydrogen) atoms. The van der Waals surface area contributed by atoms with Gasteiger partial charge in [0.15, 0.2) is 5.11 Å². The summed E-state index contributed by atoms with van der Waals surface area (Å²) in [5.41, 5.74) is 4.28. The standard InChI is InChI=1S/C21H36N2S/c1-8-15(3)17-11-10-12-18(16(4)9-2)19(17)23-20(24)22-14-13-21(5,6)7/h10-12,15-16H,8-9,13-14H2,1-7H3,(H2,22,23,24). The van der Waals surface area contributed by atoms with E-state index in [-0.39, 0.29) is 0 Å². The summed E-state index contributed by atoms with van der Waals surface area (Å²) in [4.78, 5) is 0. The third-order valence-electron chi connectivity index (χ3n) is 4.81. The minimum Gasteiger partial charge on any atom is -0.362 e. The first-order chi connectivity index (χ1) is 11.2. The molecule has 136 valence electrons. The van der Waals surface area contributed by atoms with E-state index in [0.717, 1.165) is 30.9 Å². The molecular weight excluding hydrogens is 312 g/mol. The van der Waals surface area contributed by atoms with Crippen molar-refractivity contribution < 1.29 is 0 Å². The van der Waals surface area contributed by atoms with Crippen LogP contribution in [0.2, 0.25) is 0 Å². The van der Waals surface area contributed by atoms with E-state index < -0.39 is 0 Å². The molecule has 2 unspecified atom stereocenters. The summed E-state index contributed by atoms with van der Waals surface area (Å²) >= 11 is 5.57. The van der Waals surface area contributed by atoms with Crippen LogP contribution in [-0.4, -0.2) is 11.7 Å². The van der Waals surface area contributed by atoms with Crippen molar-refractivity contribution in [3.63, 3.8) is 0 Å². The highest BCUT2D eigenvalue weighted by molar-refractivity contribution is 7.80. The summed E-state index contributed by atoms with van der Waals surface area (Å²) in [6.07, 6.45) is 3.35. The number of hydrogen-bond acceptors (Lipinski definition) is 1. The summed E-state index contributed by atoms with van der Waals surface area (Å²) in [6, 6.07) is 6.66. The molecule has 0 bridgehead atoms. The van der Waals surface area contributed by atoms with Gasteiger partial charge in [0.25, 0.3) is 0 Å². The van der Waals surface area contributed by atoms with Crippen molar-refractivity contribution in [2.24, 2.45) is 5.41 Å². The van der Waals surface area contributed by atoms with Crippen LogP contribution in [0.5, 0.6) is 0 Å². The van der Waals surface area contributed by atoms with Gasteiger partial charge in [0.1, 0.15) is 0 Å². The maximum atomic E-state index is 5.57. The normalized spacial score (nSPS) is 14.1. The number of anilines is 1. The Kier molecular flexibility index (Phi) is 8.21. The van der Waals surface area contributed by atoms with Crippen molar-refractivity contribution in [2.75, 3.05) is 11.9 Å². The van der Waals surface area contributed by atoms with Gasteiger partial charge in [-0.15, -0.1) is 0 Å². The lowest BCUT2D eigenvalue weighted by Crippen LogP contribution is -2.32. The van der Waals surface area contributed by atoms with Crippen molar-refractivity contribution in [1.29, 1.82) is 0 Å². The lowest BCUT2D eigenvalue weighted by Gasteiger charge is -2.24.